The van der Waals surface area contributed by atoms with Gasteiger partial charge in [-0.15, -0.1) is 0 Å². The van der Waals surface area contributed by atoms with Crippen LogP contribution in [0.5, 0.6) is 5.75 Å². The number of carbonyl (C=O) groups is 2. The summed E-state index contributed by atoms with van der Waals surface area (Å²) in [5.41, 5.74) is 0.826. The number of hydrogen-bond donors (Lipinski definition) is 1. The highest BCUT2D eigenvalue weighted by molar-refractivity contribution is 5.89. The molecule has 0 aliphatic heterocycles. The van der Waals surface area contributed by atoms with E-state index in [4.69, 9.17) is 9.47 Å². The van der Waals surface area contributed by atoms with E-state index in [1.807, 2.05) is 18.2 Å². The van der Waals surface area contributed by atoms with E-state index in [0.717, 1.165) is 24.8 Å². The highest BCUT2D eigenvalue weighted by atomic mass is 16.5. The topological polar surface area (TPSA) is 64.6 Å². The standard InChI is InChI=1S/C19H25NO4/c1-14-6-3-4-9-17(14)20-18(21)13-24-19(22)11-10-15-7-5-8-16(12-15)23-2/h5,7-8,10-12,14,17H,3-4,6,9,13H2,1-2H3,(H,20,21)/b11-10+/t14-,17+/m1/s1. The molecule has 1 aliphatic carbocycles. The molecule has 1 saturated carbocycles. The number of rotatable bonds is 6. The van der Waals surface area contributed by atoms with Gasteiger partial charge in [0.2, 0.25) is 0 Å². The van der Waals surface area contributed by atoms with Crippen molar-refractivity contribution >= 4 is 18.0 Å². The van der Waals surface area contributed by atoms with E-state index in [0.29, 0.717) is 11.7 Å². The summed E-state index contributed by atoms with van der Waals surface area (Å²) in [5, 5.41) is 2.96. The van der Waals surface area contributed by atoms with E-state index in [1.165, 1.54) is 12.5 Å². The Morgan fingerprint density at radius 2 is 2.08 bits per heavy atom. The highest BCUT2D eigenvalue weighted by Gasteiger charge is 2.22. The van der Waals surface area contributed by atoms with Gasteiger partial charge in [-0.2, -0.15) is 0 Å². The van der Waals surface area contributed by atoms with Crippen LogP contribution in [0.25, 0.3) is 6.08 Å². The maximum Gasteiger partial charge on any atom is 0.331 e. The van der Waals surface area contributed by atoms with E-state index in [9.17, 15) is 9.59 Å². The summed E-state index contributed by atoms with van der Waals surface area (Å²) in [6.07, 6.45) is 7.43. The molecular formula is C19H25NO4. The lowest BCUT2D eigenvalue weighted by Crippen LogP contribution is -2.42. The molecule has 0 heterocycles. The van der Waals surface area contributed by atoms with E-state index >= 15 is 0 Å². The second-order valence-electron chi connectivity index (χ2n) is 6.15. The second-order valence-corrected chi connectivity index (χ2v) is 6.15. The summed E-state index contributed by atoms with van der Waals surface area (Å²) in [6, 6.07) is 7.51. The van der Waals surface area contributed by atoms with Crippen molar-refractivity contribution in [2.24, 2.45) is 5.92 Å². The molecule has 1 aromatic carbocycles. The number of amides is 1. The third kappa shape index (κ3) is 5.72. The first kappa shape index (κ1) is 18.0. The zero-order valence-electron chi connectivity index (χ0n) is 14.3. The molecule has 1 fully saturated rings. The number of methoxy groups -OCH3 is 1. The molecule has 1 aromatic rings. The summed E-state index contributed by atoms with van der Waals surface area (Å²) in [6.45, 7) is 1.90. The van der Waals surface area contributed by atoms with Crippen molar-refractivity contribution in [3.8, 4) is 5.75 Å². The van der Waals surface area contributed by atoms with E-state index in [2.05, 4.69) is 12.2 Å². The fraction of sp³-hybridized carbons (Fsp3) is 0.474. The lowest BCUT2D eigenvalue weighted by atomic mass is 9.86. The summed E-state index contributed by atoms with van der Waals surface area (Å²) in [7, 11) is 1.59. The molecule has 2 rings (SSSR count). The quantitative estimate of drug-likeness (QED) is 0.643. The first-order valence-corrected chi connectivity index (χ1v) is 8.36. The number of carbonyl (C=O) groups excluding carboxylic acids is 2. The first-order valence-electron chi connectivity index (χ1n) is 8.36. The van der Waals surface area contributed by atoms with Gasteiger partial charge in [0.15, 0.2) is 6.61 Å². The molecule has 5 heteroatoms. The van der Waals surface area contributed by atoms with E-state index < -0.39 is 5.97 Å². The zero-order valence-corrected chi connectivity index (χ0v) is 14.3. The maximum atomic E-state index is 11.9. The van der Waals surface area contributed by atoms with E-state index in [-0.39, 0.29) is 18.6 Å². The van der Waals surface area contributed by atoms with Crippen molar-refractivity contribution in [2.75, 3.05) is 13.7 Å². The number of benzene rings is 1. The average molecular weight is 331 g/mol. The molecule has 1 aliphatic rings. The van der Waals surface area contributed by atoms with Gasteiger partial charge < -0.3 is 14.8 Å². The lowest BCUT2D eigenvalue weighted by Gasteiger charge is -2.29. The number of ether oxygens (including phenoxy) is 2. The zero-order chi connectivity index (χ0) is 17.4. The van der Waals surface area contributed by atoms with Crippen LogP contribution in [0.2, 0.25) is 0 Å². The largest absolute Gasteiger partial charge is 0.497 e. The maximum absolute atomic E-state index is 11.9. The molecule has 0 spiro atoms. The van der Waals surface area contributed by atoms with Gasteiger partial charge in [0.05, 0.1) is 7.11 Å². The van der Waals surface area contributed by atoms with Crippen molar-refractivity contribution in [1.29, 1.82) is 0 Å². The fourth-order valence-corrected chi connectivity index (χ4v) is 2.87. The summed E-state index contributed by atoms with van der Waals surface area (Å²) in [5.74, 6) is 0.416. The number of nitrogens with one attached hydrogen (secondary N) is 1. The molecule has 130 valence electrons. The van der Waals surface area contributed by atoms with Gasteiger partial charge in [-0.25, -0.2) is 4.79 Å². The van der Waals surface area contributed by atoms with Crippen molar-refractivity contribution in [3.05, 3.63) is 35.9 Å². The number of esters is 1. The Balaban J connectivity index is 1.75. The normalized spacial score (nSPS) is 20.6. The van der Waals surface area contributed by atoms with Gasteiger partial charge in [-0.3, -0.25) is 4.79 Å². The average Bonchev–Trinajstić information content (AvgIpc) is 2.60. The van der Waals surface area contributed by atoms with Crippen molar-refractivity contribution in [1.82, 2.24) is 5.32 Å². The van der Waals surface area contributed by atoms with Crippen molar-refractivity contribution in [3.63, 3.8) is 0 Å². The minimum atomic E-state index is -0.537. The van der Waals surface area contributed by atoms with Crippen LogP contribution in [0, 0.1) is 5.92 Å². The molecule has 24 heavy (non-hydrogen) atoms. The van der Waals surface area contributed by atoms with Gasteiger partial charge in [0, 0.05) is 12.1 Å². The summed E-state index contributed by atoms with van der Waals surface area (Å²) in [4.78, 5) is 23.6. The molecule has 0 unspecified atom stereocenters. The summed E-state index contributed by atoms with van der Waals surface area (Å²) >= 11 is 0. The molecule has 0 radical (unpaired) electrons. The Hall–Kier alpha value is -2.30. The predicted octanol–water partition coefficient (Wildman–Crippen LogP) is 2.95. The van der Waals surface area contributed by atoms with Crippen LogP contribution in [0.4, 0.5) is 0 Å². The molecule has 1 amide bonds. The molecule has 0 aromatic heterocycles. The van der Waals surface area contributed by atoms with Crippen LogP contribution in [0.15, 0.2) is 30.3 Å². The molecule has 0 saturated heterocycles. The third-order valence-electron chi connectivity index (χ3n) is 4.31. The fourth-order valence-electron chi connectivity index (χ4n) is 2.87. The Morgan fingerprint density at radius 3 is 2.83 bits per heavy atom. The van der Waals surface area contributed by atoms with Crippen LogP contribution in [0.3, 0.4) is 0 Å². The lowest BCUT2D eigenvalue weighted by molar-refractivity contribution is -0.144. The number of hydrogen-bond acceptors (Lipinski definition) is 4. The van der Waals surface area contributed by atoms with Crippen molar-refractivity contribution in [2.45, 2.75) is 38.6 Å². The van der Waals surface area contributed by atoms with Crippen LogP contribution in [-0.2, 0) is 14.3 Å². The molecular weight excluding hydrogens is 306 g/mol. The Morgan fingerprint density at radius 1 is 1.29 bits per heavy atom. The van der Waals surface area contributed by atoms with Crippen LogP contribution in [-0.4, -0.2) is 31.6 Å². The minimum Gasteiger partial charge on any atom is -0.497 e. The van der Waals surface area contributed by atoms with Crippen molar-refractivity contribution < 1.29 is 19.1 Å². The van der Waals surface area contributed by atoms with Gasteiger partial charge in [-0.1, -0.05) is 31.9 Å². The smallest absolute Gasteiger partial charge is 0.331 e. The van der Waals surface area contributed by atoms with Gasteiger partial charge in [0.25, 0.3) is 5.91 Å². The Kier molecular flexibility index (Phi) is 6.85. The SMILES string of the molecule is COc1cccc(/C=C/C(=O)OCC(=O)N[C@H]2CCCC[C@H]2C)c1. The highest BCUT2D eigenvalue weighted by Crippen LogP contribution is 2.23. The first-order chi connectivity index (χ1) is 11.6. The van der Waals surface area contributed by atoms with E-state index in [1.54, 1.807) is 19.3 Å². The third-order valence-corrected chi connectivity index (χ3v) is 4.31. The van der Waals surface area contributed by atoms with Gasteiger partial charge in [0.1, 0.15) is 5.75 Å². The molecule has 2 atom stereocenters. The molecule has 0 bridgehead atoms. The monoisotopic (exact) mass is 331 g/mol. The molecule has 5 nitrogen and oxygen atoms in total. The minimum absolute atomic E-state index is 0.192. The van der Waals surface area contributed by atoms with Crippen LogP contribution < -0.4 is 10.1 Å². The Bertz CT molecular complexity index is 597. The van der Waals surface area contributed by atoms with Crippen LogP contribution >= 0.6 is 0 Å². The Labute approximate surface area is 143 Å². The summed E-state index contributed by atoms with van der Waals surface area (Å²) < 4.78 is 10.1. The molecule has 1 N–H and O–H groups in total. The van der Waals surface area contributed by atoms with Gasteiger partial charge in [-0.05, 0) is 42.5 Å². The van der Waals surface area contributed by atoms with Crippen LogP contribution in [0.1, 0.15) is 38.2 Å². The van der Waals surface area contributed by atoms with Gasteiger partial charge >= 0.3 is 5.97 Å². The predicted molar refractivity (Wildman–Crippen MR) is 92.5 cm³/mol. The second kappa shape index (κ2) is 9.11.